The summed E-state index contributed by atoms with van der Waals surface area (Å²) in [5, 5.41) is 0. The van der Waals surface area contributed by atoms with Gasteiger partial charge in [0.15, 0.2) is 6.79 Å². The fraction of sp³-hybridized carbons (Fsp3) is 0.429. The van der Waals surface area contributed by atoms with E-state index in [-0.39, 0.29) is 12.2 Å². The van der Waals surface area contributed by atoms with Gasteiger partial charge in [0.1, 0.15) is 6.11 Å². The molecule has 2 nitrogen and oxygen atoms in total. The molecule has 0 heterocycles. The number of ether oxygens (including phenoxy) is 2. The summed E-state index contributed by atoms with van der Waals surface area (Å²) in [7, 11) is 0. The molecular weight excluding hydrogens is 200 g/mol. The van der Waals surface area contributed by atoms with Crippen molar-refractivity contribution in [2.45, 2.75) is 27.4 Å². The van der Waals surface area contributed by atoms with Gasteiger partial charge in [-0.25, -0.2) is 0 Å². The maximum absolute atomic E-state index is 5.31. The van der Waals surface area contributed by atoms with Crippen molar-refractivity contribution in [2.75, 3.05) is 6.79 Å². The van der Waals surface area contributed by atoms with Gasteiger partial charge in [-0.05, 0) is 26.3 Å². The van der Waals surface area contributed by atoms with Crippen LogP contribution in [-0.4, -0.2) is 6.79 Å². The minimum atomic E-state index is -0.0283. The molecule has 1 aromatic carbocycles. The average molecular weight is 218 g/mol. The summed E-state index contributed by atoms with van der Waals surface area (Å²) < 4.78 is 10.4. The van der Waals surface area contributed by atoms with E-state index in [0.717, 1.165) is 5.56 Å². The van der Waals surface area contributed by atoms with Crippen molar-refractivity contribution in [3.8, 4) is 12.0 Å². The lowest BCUT2D eigenvalue weighted by Gasteiger charge is -2.06. The van der Waals surface area contributed by atoms with Gasteiger partial charge in [0.25, 0.3) is 0 Å². The van der Waals surface area contributed by atoms with Crippen LogP contribution < -0.4 is 0 Å². The molecule has 0 aliphatic carbocycles. The lowest BCUT2D eigenvalue weighted by Crippen LogP contribution is -2.01. The van der Waals surface area contributed by atoms with Crippen molar-refractivity contribution in [1.82, 2.24) is 0 Å². The molecule has 0 unspecified atom stereocenters. The minimum Gasteiger partial charge on any atom is -0.417 e. The second-order valence-electron chi connectivity index (χ2n) is 4.57. The largest absolute Gasteiger partial charge is 0.417 e. The quantitative estimate of drug-likeness (QED) is 0.439. The molecule has 2 heteroatoms. The summed E-state index contributed by atoms with van der Waals surface area (Å²) in [6.45, 7) is 6.87. The lowest BCUT2D eigenvalue weighted by molar-refractivity contribution is -0.0118. The van der Waals surface area contributed by atoms with Gasteiger partial charge >= 0.3 is 0 Å². The third-order valence-electron chi connectivity index (χ3n) is 1.75. The van der Waals surface area contributed by atoms with E-state index in [2.05, 4.69) is 12.0 Å². The van der Waals surface area contributed by atoms with Gasteiger partial charge in [0.05, 0.1) is 6.61 Å². The van der Waals surface area contributed by atoms with Gasteiger partial charge in [-0.1, -0.05) is 36.3 Å². The standard InChI is InChI=1S/C14H18O2/c1-14(2,3)9-10-15-12-16-11-13-7-5-4-6-8-13/h4-8H,11-12H2,1-3H3. The van der Waals surface area contributed by atoms with Crippen molar-refractivity contribution < 1.29 is 9.47 Å². The molecular formula is C14H18O2. The number of benzene rings is 1. The van der Waals surface area contributed by atoms with Gasteiger partial charge in [-0.15, -0.1) is 0 Å². The molecule has 0 aromatic heterocycles. The third kappa shape index (κ3) is 6.10. The highest BCUT2D eigenvalue weighted by Crippen LogP contribution is 2.09. The van der Waals surface area contributed by atoms with Crippen molar-refractivity contribution in [2.24, 2.45) is 5.41 Å². The summed E-state index contributed by atoms with van der Waals surface area (Å²) >= 11 is 0. The van der Waals surface area contributed by atoms with Crippen LogP contribution in [0.25, 0.3) is 0 Å². The van der Waals surface area contributed by atoms with Gasteiger partial charge < -0.3 is 9.47 Å². The second-order valence-corrected chi connectivity index (χ2v) is 4.57. The Kier molecular flexibility index (Phi) is 4.88. The van der Waals surface area contributed by atoms with Crippen LogP contribution in [-0.2, 0) is 16.1 Å². The first kappa shape index (κ1) is 12.6. The molecule has 0 saturated carbocycles. The Morgan fingerprint density at radius 1 is 1.12 bits per heavy atom. The van der Waals surface area contributed by atoms with Crippen LogP contribution in [0.2, 0.25) is 0 Å². The maximum Gasteiger partial charge on any atom is 0.199 e. The highest BCUT2D eigenvalue weighted by Gasteiger charge is 2.03. The van der Waals surface area contributed by atoms with E-state index < -0.39 is 0 Å². The fourth-order valence-electron chi connectivity index (χ4n) is 0.994. The van der Waals surface area contributed by atoms with Crippen molar-refractivity contribution in [1.29, 1.82) is 0 Å². The van der Waals surface area contributed by atoms with Gasteiger partial charge in [0, 0.05) is 5.41 Å². The Morgan fingerprint density at radius 3 is 2.44 bits per heavy atom. The monoisotopic (exact) mass is 218 g/mol. The van der Waals surface area contributed by atoms with E-state index in [1.54, 1.807) is 0 Å². The normalized spacial score (nSPS) is 10.4. The van der Waals surface area contributed by atoms with E-state index in [9.17, 15) is 0 Å². The predicted octanol–water partition coefficient (Wildman–Crippen LogP) is 3.18. The number of hydrogen-bond donors (Lipinski definition) is 0. The second kappa shape index (κ2) is 6.19. The average Bonchev–Trinajstić information content (AvgIpc) is 2.23. The summed E-state index contributed by atoms with van der Waals surface area (Å²) in [5.41, 5.74) is 1.11. The van der Waals surface area contributed by atoms with E-state index in [1.807, 2.05) is 51.1 Å². The molecule has 0 aliphatic heterocycles. The summed E-state index contributed by atoms with van der Waals surface area (Å²) in [4.78, 5) is 0. The van der Waals surface area contributed by atoms with E-state index >= 15 is 0 Å². The summed E-state index contributed by atoms with van der Waals surface area (Å²) in [6.07, 6.45) is 2.64. The maximum atomic E-state index is 5.31. The molecule has 16 heavy (non-hydrogen) atoms. The highest BCUT2D eigenvalue weighted by atomic mass is 16.7. The number of hydrogen-bond acceptors (Lipinski definition) is 2. The molecule has 0 bridgehead atoms. The Hall–Kier alpha value is -1.46. The van der Waals surface area contributed by atoms with Crippen LogP contribution in [0, 0.1) is 17.4 Å². The van der Waals surface area contributed by atoms with Crippen molar-refractivity contribution >= 4 is 0 Å². The molecule has 0 atom stereocenters. The topological polar surface area (TPSA) is 18.5 Å². The predicted molar refractivity (Wildman–Crippen MR) is 64.4 cm³/mol. The van der Waals surface area contributed by atoms with E-state index in [0.29, 0.717) is 6.61 Å². The molecule has 0 N–H and O–H groups in total. The lowest BCUT2D eigenvalue weighted by atomic mass is 9.99. The molecule has 0 fully saturated rings. The first-order chi connectivity index (χ1) is 7.58. The zero-order chi connectivity index (χ0) is 11.9. The Labute approximate surface area is 97.6 Å². The SMILES string of the molecule is CC(C)(C)C#COCOCc1ccccc1. The smallest absolute Gasteiger partial charge is 0.199 e. The van der Waals surface area contributed by atoms with Crippen molar-refractivity contribution in [3.05, 3.63) is 35.9 Å². The first-order valence-electron chi connectivity index (χ1n) is 5.33. The van der Waals surface area contributed by atoms with E-state index in [4.69, 9.17) is 9.47 Å². The van der Waals surface area contributed by atoms with Gasteiger partial charge in [-0.3, -0.25) is 0 Å². The van der Waals surface area contributed by atoms with Crippen molar-refractivity contribution in [3.63, 3.8) is 0 Å². The van der Waals surface area contributed by atoms with Gasteiger partial charge in [0.2, 0.25) is 0 Å². The van der Waals surface area contributed by atoms with Crippen LogP contribution in [0.15, 0.2) is 30.3 Å². The highest BCUT2D eigenvalue weighted by molar-refractivity contribution is 5.13. The third-order valence-corrected chi connectivity index (χ3v) is 1.75. The Balaban J connectivity index is 2.15. The molecule has 0 radical (unpaired) electrons. The molecule has 0 saturated heterocycles. The molecule has 1 rings (SSSR count). The Morgan fingerprint density at radius 2 is 1.81 bits per heavy atom. The van der Waals surface area contributed by atoms with Crippen LogP contribution in [0.5, 0.6) is 0 Å². The molecule has 86 valence electrons. The zero-order valence-corrected chi connectivity index (χ0v) is 10.1. The van der Waals surface area contributed by atoms with Crippen LogP contribution in [0.4, 0.5) is 0 Å². The summed E-state index contributed by atoms with van der Waals surface area (Å²) in [5.74, 6) is 2.97. The molecule has 0 amide bonds. The number of rotatable bonds is 4. The first-order valence-corrected chi connectivity index (χ1v) is 5.33. The Bertz CT molecular complexity index is 352. The summed E-state index contributed by atoms with van der Waals surface area (Å²) in [6, 6.07) is 9.98. The van der Waals surface area contributed by atoms with Crippen LogP contribution in [0.3, 0.4) is 0 Å². The minimum absolute atomic E-state index is 0.0283. The molecule has 0 spiro atoms. The fourth-order valence-corrected chi connectivity index (χ4v) is 0.994. The van der Waals surface area contributed by atoms with Crippen LogP contribution >= 0.6 is 0 Å². The van der Waals surface area contributed by atoms with Crippen LogP contribution in [0.1, 0.15) is 26.3 Å². The molecule has 0 aliphatic rings. The zero-order valence-electron chi connectivity index (χ0n) is 10.1. The van der Waals surface area contributed by atoms with E-state index in [1.165, 1.54) is 0 Å². The molecule has 1 aromatic rings. The van der Waals surface area contributed by atoms with Gasteiger partial charge in [-0.2, -0.15) is 0 Å².